The molecule has 1 fully saturated rings. The Bertz CT molecular complexity index is 469. The minimum absolute atomic E-state index is 1.12. The fourth-order valence-electron chi connectivity index (χ4n) is 2.02. The number of carbonyl (C=O) groups is 2. The van der Waals surface area contributed by atoms with Crippen LogP contribution >= 0.6 is 0 Å². The molecule has 20 radical (unpaired) electrons. The molecule has 1 unspecified atom stereocenters. The summed E-state index contributed by atoms with van der Waals surface area (Å²) in [5, 5.41) is -5.94. The fourth-order valence-corrected chi connectivity index (χ4v) is 2.02. The zero-order valence-corrected chi connectivity index (χ0v) is 11.1. The number of amides is 2. The molecule has 2 amide bonds. The van der Waals surface area contributed by atoms with E-state index in [0.717, 1.165) is 0 Å². The normalized spacial score (nSPS) is 26.7. The average Bonchev–Trinajstić information content (AvgIpc) is 2.21. The van der Waals surface area contributed by atoms with Crippen LogP contribution in [0.4, 0.5) is 0 Å². The lowest BCUT2D eigenvalue weighted by Gasteiger charge is -2.65. The van der Waals surface area contributed by atoms with Crippen molar-refractivity contribution in [3.8, 4) is 0 Å². The van der Waals surface area contributed by atoms with Gasteiger partial charge in [-0.3, -0.25) is 9.59 Å². The molecule has 82 valence electrons. The van der Waals surface area contributed by atoms with Crippen LogP contribution in [-0.2, 0) is 9.59 Å². The lowest BCUT2D eigenvalue weighted by molar-refractivity contribution is -0.139. The van der Waals surface area contributed by atoms with Crippen molar-refractivity contribution in [3.63, 3.8) is 0 Å². The molecule has 1 aliphatic rings. The van der Waals surface area contributed by atoms with Crippen molar-refractivity contribution in [2.75, 3.05) is 0 Å². The second-order valence-electron chi connectivity index (χ2n) is 5.26. The maximum Gasteiger partial charge on any atom is 0.235 e. The summed E-state index contributed by atoms with van der Waals surface area (Å²) in [6, 6.07) is 0. The summed E-state index contributed by atoms with van der Waals surface area (Å²) >= 11 is 0. The molecule has 1 rings (SSSR count). The molecule has 1 saturated heterocycles. The maximum atomic E-state index is 12.2. The molecule has 0 aromatic heterocycles. The SMILES string of the molecule is [B]C1([B])NC(=O)C([B])(C([B])(C([B])([B])[B])C([B])([B])[B])NC1=O. The summed E-state index contributed by atoms with van der Waals surface area (Å²) in [4.78, 5) is 24.0. The molecule has 1 atom stereocenters. The van der Waals surface area contributed by atoms with Gasteiger partial charge in [0, 0.05) is 5.34 Å². The van der Waals surface area contributed by atoms with E-state index in [4.69, 9.17) is 78.5 Å². The molecule has 0 aromatic rings. The van der Waals surface area contributed by atoms with Crippen molar-refractivity contribution < 1.29 is 9.59 Å². The zero-order chi connectivity index (χ0) is 17.1. The van der Waals surface area contributed by atoms with Crippen LogP contribution in [0.5, 0.6) is 0 Å². The van der Waals surface area contributed by atoms with Crippen LogP contribution in [0.3, 0.4) is 0 Å². The van der Waals surface area contributed by atoms with Crippen molar-refractivity contribution in [1.82, 2.24) is 10.6 Å². The zero-order valence-electron chi connectivity index (χ0n) is 11.1. The van der Waals surface area contributed by atoms with E-state index in [9.17, 15) is 9.59 Å². The quantitative estimate of drug-likeness (QED) is 0.494. The Kier molecular flexibility index (Phi) is 4.25. The Morgan fingerprint density at radius 3 is 1.43 bits per heavy atom. The van der Waals surface area contributed by atoms with Crippen LogP contribution in [-0.4, -0.2) is 101 Å². The minimum Gasteiger partial charge on any atom is -0.358 e. The van der Waals surface area contributed by atoms with Crippen LogP contribution in [0.1, 0.15) is 0 Å². The summed E-state index contributed by atoms with van der Waals surface area (Å²) in [6.07, 6.45) is 0. The molecule has 2 N–H and O–H groups in total. The summed E-state index contributed by atoms with van der Waals surface area (Å²) in [5.41, 5.74) is -2.59. The van der Waals surface area contributed by atoms with Crippen molar-refractivity contribution in [2.24, 2.45) is 0 Å². The smallest absolute Gasteiger partial charge is 0.235 e. The third-order valence-electron chi connectivity index (χ3n) is 3.35. The average molecular weight is 254 g/mol. The highest BCUT2D eigenvalue weighted by Gasteiger charge is 2.61. The van der Waals surface area contributed by atoms with Crippen LogP contribution < -0.4 is 10.6 Å². The van der Waals surface area contributed by atoms with Gasteiger partial charge in [-0.15, -0.1) is 10.2 Å². The van der Waals surface area contributed by atoms with Crippen molar-refractivity contribution >= 4 is 90.3 Å². The second kappa shape index (κ2) is 4.79. The highest BCUT2D eigenvalue weighted by molar-refractivity contribution is 6.71. The van der Waals surface area contributed by atoms with E-state index < -0.39 is 38.1 Å². The predicted molar refractivity (Wildman–Crippen MR) is 87.4 cm³/mol. The topological polar surface area (TPSA) is 58.2 Å². The van der Waals surface area contributed by atoms with Crippen LogP contribution in [0, 0.1) is 0 Å². The van der Waals surface area contributed by atoms with E-state index in [2.05, 4.69) is 0 Å². The van der Waals surface area contributed by atoms with E-state index in [-0.39, 0.29) is 0 Å². The molecule has 1 heterocycles. The standard InChI is InChI=1S/C7H2B10N2O2/c8-3(1(20)19-4(9,10)2(21)18-3)5(11,6(12,13)14)7(15,16)17/h(H,18,21)(H,19,20). The molecular formula is C7H2B10N2O2. The van der Waals surface area contributed by atoms with Gasteiger partial charge in [0.05, 0.1) is 60.4 Å². The Balaban J connectivity index is 3.52. The van der Waals surface area contributed by atoms with Crippen LogP contribution in [0.15, 0.2) is 0 Å². The lowest BCUT2D eigenvalue weighted by Crippen LogP contribution is -2.81. The summed E-state index contributed by atoms with van der Waals surface area (Å²) in [5.74, 6) is -2.31. The Labute approximate surface area is 137 Å². The molecule has 0 bridgehead atoms. The van der Waals surface area contributed by atoms with Crippen molar-refractivity contribution in [2.45, 2.75) is 26.3 Å². The van der Waals surface area contributed by atoms with E-state index in [0.29, 0.717) is 0 Å². The van der Waals surface area contributed by atoms with Gasteiger partial charge in [-0.05, 0) is 0 Å². The maximum absolute atomic E-state index is 12.2. The minimum atomic E-state index is -2.61. The first-order chi connectivity index (χ1) is 9.01. The summed E-state index contributed by atoms with van der Waals surface area (Å²) in [7, 11) is 55.4. The molecule has 0 aromatic carbocycles. The first-order valence-electron chi connectivity index (χ1n) is 5.54. The number of hydrogen-bond donors (Lipinski definition) is 2. The number of rotatable bonds is 3. The Morgan fingerprint density at radius 2 is 1.10 bits per heavy atom. The van der Waals surface area contributed by atoms with Gasteiger partial charge < -0.3 is 10.6 Å². The predicted octanol–water partition coefficient (Wildman–Crippen LogP) is -5.43. The van der Waals surface area contributed by atoms with Gasteiger partial charge in [0.1, 0.15) is 23.5 Å². The van der Waals surface area contributed by atoms with E-state index in [1.165, 1.54) is 0 Å². The van der Waals surface area contributed by atoms with Gasteiger partial charge >= 0.3 is 0 Å². The van der Waals surface area contributed by atoms with E-state index >= 15 is 0 Å². The van der Waals surface area contributed by atoms with Gasteiger partial charge in [0.15, 0.2) is 0 Å². The molecule has 0 spiro atoms. The van der Waals surface area contributed by atoms with E-state index in [1.54, 1.807) is 0 Å². The van der Waals surface area contributed by atoms with Crippen molar-refractivity contribution in [1.29, 1.82) is 0 Å². The monoisotopic (exact) mass is 256 g/mol. The third-order valence-corrected chi connectivity index (χ3v) is 3.35. The van der Waals surface area contributed by atoms with E-state index in [1.807, 2.05) is 10.6 Å². The molecule has 0 aliphatic carbocycles. The fraction of sp³-hybridized carbons (Fsp3) is 0.714. The summed E-state index contributed by atoms with van der Waals surface area (Å²) < 4.78 is 0. The van der Waals surface area contributed by atoms with Gasteiger partial charge in [-0.1, -0.05) is 5.31 Å². The number of hydrogen-bond acceptors (Lipinski definition) is 2. The van der Waals surface area contributed by atoms with Crippen molar-refractivity contribution in [3.05, 3.63) is 0 Å². The van der Waals surface area contributed by atoms with Gasteiger partial charge in [0.25, 0.3) is 0 Å². The number of nitrogens with one attached hydrogen (secondary N) is 2. The first-order valence-corrected chi connectivity index (χ1v) is 5.54. The second-order valence-corrected chi connectivity index (χ2v) is 5.26. The summed E-state index contributed by atoms with van der Waals surface area (Å²) in [6.45, 7) is 0. The number of piperazine rings is 1. The lowest BCUT2D eigenvalue weighted by atomic mass is 9.11. The molecule has 4 nitrogen and oxygen atoms in total. The van der Waals surface area contributed by atoms with Gasteiger partial charge in [-0.2, -0.15) is 0 Å². The molecular weight excluding hydrogens is 252 g/mol. The highest BCUT2D eigenvalue weighted by Crippen LogP contribution is 2.61. The molecule has 1 aliphatic heterocycles. The van der Waals surface area contributed by atoms with Crippen LogP contribution in [0.2, 0.25) is 15.5 Å². The molecule has 0 saturated carbocycles. The number of carbonyl (C=O) groups excluding carboxylic acids is 2. The first kappa shape index (κ1) is 18.6. The highest BCUT2D eigenvalue weighted by atomic mass is 16.2. The molecule has 21 heavy (non-hydrogen) atoms. The Hall–Kier alpha value is -0.411. The third kappa shape index (κ3) is 2.57. The Morgan fingerprint density at radius 1 is 0.714 bits per heavy atom. The van der Waals surface area contributed by atoms with Gasteiger partial charge in [-0.25, -0.2) is 0 Å². The largest absolute Gasteiger partial charge is 0.358 e. The van der Waals surface area contributed by atoms with Crippen LogP contribution in [0.25, 0.3) is 0 Å². The van der Waals surface area contributed by atoms with Gasteiger partial charge in [0.2, 0.25) is 11.8 Å². The molecule has 14 heteroatoms.